The molecule has 0 spiro atoms. The molecule has 0 aromatic heterocycles. The Labute approximate surface area is 133 Å². The van der Waals surface area contributed by atoms with Crippen molar-refractivity contribution in [3.05, 3.63) is 27.6 Å². The van der Waals surface area contributed by atoms with Crippen molar-refractivity contribution < 1.29 is 71.9 Å². The molecule has 0 aliphatic rings. The fourth-order valence-electron chi connectivity index (χ4n) is 0.672. The second-order valence-electron chi connectivity index (χ2n) is 2.02. The average molecular weight is 322 g/mol. The van der Waals surface area contributed by atoms with Crippen LogP contribution in [0, 0.1) is 9.39 Å². The molecular formula is C6H6BFIKO3. The maximum atomic E-state index is 12.6. The van der Waals surface area contributed by atoms with E-state index < -0.39 is 7.32 Å². The van der Waals surface area contributed by atoms with Gasteiger partial charge in [-0.15, -0.1) is 0 Å². The van der Waals surface area contributed by atoms with Crippen LogP contribution in [0.4, 0.5) is 4.39 Å². The van der Waals surface area contributed by atoms with Crippen LogP contribution in [0.5, 0.6) is 5.75 Å². The van der Waals surface area contributed by atoms with Gasteiger partial charge in [-0.25, -0.2) is 4.39 Å². The van der Waals surface area contributed by atoms with Crippen LogP contribution in [0.25, 0.3) is 0 Å². The summed E-state index contributed by atoms with van der Waals surface area (Å²) in [4.78, 5) is 0. The van der Waals surface area contributed by atoms with Crippen LogP contribution in [-0.4, -0.2) is 17.4 Å². The van der Waals surface area contributed by atoms with E-state index in [2.05, 4.69) is 4.65 Å². The Balaban J connectivity index is 0. The van der Waals surface area contributed by atoms with Crippen LogP contribution < -0.4 is 56.0 Å². The molecule has 0 bridgehead atoms. The van der Waals surface area contributed by atoms with E-state index in [4.69, 9.17) is 10.0 Å². The second-order valence-corrected chi connectivity index (χ2v) is 3.18. The predicted octanol–water partition coefficient (Wildman–Crippen LogP) is -2.10. The third-order valence-electron chi connectivity index (χ3n) is 1.13. The molecule has 0 radical (unpaired) electrons. The third kappa shape index (κ3) is 5.07. The van der Waals surface area contributed by atoms with Gasteiger partial charge < -0.3 is 16.1 Å². The summed E-state index contributed by atoms with van der Waals surface area (Å²) < 4.78 is 17.5. The molecule has 13 heavy (non-hydrogen) atoms. The Morgan fingerprint density at radius 3 is 2.54 bits per heavy atom. The zero-order valence-electron chi connectivity index (χ0n) is 7.87. The average Bonchev–Trinajstić information content (AvgIpc) is 1.96. The van der Waals surface area contributed by atoms with Crippen LogP contribution in [0.15, 0.2) is 18.2 Å². The van der Waals surface area contributed by atoms with E-state index in [0.717, 1.165) is 0 Å². The molecule has 66 valence electrons. The van der Waals surface area contributed by atoms with Gasteiger partial charge >= 0.3 is 58.7 Å². The third-order valence-corrected chi connectivity index (χ3v) is 1.96. The number of hydrogen-bond acceptors (Lipinski definition) is 3. The Morgan fingerprint density at radius 1 is 1.46 bits per heavy atom. The van der Waals surface area contributed by atoms with E-state index in [1.165, 1.54) is 18.2 Å². The molecule has 1 aromatic carbocycles. The van der Waals surface area contributed by atoms with Crippen LogP contribution >= 0.6 is 22.6 Å². The molecule has 0 heterocycles. The molecule has 1 rings (SSSR count). The van der Waals surface area contributed by atoms with Crippen molar-refractivity contribution in [2.45, 2.75) is 0 Å². The maximum Gasteiger partial charge on any atom is 1.00 e. The first-order valence-electron chi connectivity index (χ1n) is 3.07. The number of hydrogen-bond donors (Lipinski definition) is 2. The van der Waals surface area contributed by atoms with Gasteiger partial charge in [0.05, 0.1) is 3.57 Å². The first-order chi connectivity index (χ1) is 5.59. The van der Waals surface area contributed by atoms with Gasteiger partial charge in [0.2, 0.25) is 0 Å². The van der Waals surface area contributed by atoms with Gasteiger partial charge in [-0.05, 0) is 40.8 Å². The van der Waals surface area contributed by atoms with Crippen molar-refractivity contribution in [3.63, 3.8) is 0 Å². The zero-order valence-corrected chi connectivity index (χ0v) is 12.1. The van der Waals surface area contributed by atoms with Crippen molar-refractivity contribution in [1.29, 1.82) is 0 Å². The minimum Gasteiger partial charge on any atom is -1.00 e. The molecule has 0 fully saturated rings. The Kier molecular flexibility index (Phi) is 7.40. The Bertz CT molecular complexity index is 292. The van der Waals surface area contributed by atoms with Crippen molar-refractivity contribution in [1.82, 2.24) is 0 Å². The van der Waals surface area contributed by atoms with Gasteiger partial charge in [-0.2, -0.15) is 0 Å². The second kappa shape index (κ2) is 6.72. The molecule has 0 aliphatic carbocycles. The van der Waals surface area contributed by atoms with E-state index in [0.29, 0.717) is 3.57 Å². The van der Waals surface area contributed by atoms with Gasteiger partial charge in [-0.3, -0.25) is 0 Å². The van der Waals surface area contributed by atoms with E-state index in [-0.39, 0.29) is 64.4 Å². The van der Waals surface area contributed by atoms with Gasteiger partial charge in [-0.1, -0.05) is 0 Å². The van der Waals surface area contributed by atoms with Crippen molar-refractivity contribution >= 4 is 29.9 Å². The summed E-state index contributed by atoms with van der Waals surface area (Å²) in [6, 6.07) is 3.88. The van der Waals surface area contributed by atoms with Crippen molar-refractivity contribution in [2.75, 3.05) is 0 Å². The summed E-state index contributed by atoms with van der Waals surface area (Å²) in [5.74, 6) is -0.147. The van der Waals surface area contributed by atoms with Gasteiger partial charge in [0.1, 0.15) is 11.6 Å². The minimum atomic E-state index is -1.87. The van der Waals surface area contributed by atoms with Crippen LogP contribution in [0.3, 0.4) is 0 Å². The quantitative estimate of drug-likeness (QED) is 0.484. The summed E-state index contributed by atoms with van der Waals surface area (Å²) in [5.41, 5.74) is 0. The van der Waals surface area contributed by atoms with Crippen LogP contribution in [-0.2, 0) is 0 Å². The molecule has 2 N–H and O–H groups in total. The predicted molar refractivity (Wildman–Crippen MR) is 51.0 cm³/mol. The molecule has 0 amide bonds. The summed E-state index contributed by atoms with van der Waals surface area (Å²) in [6.07, 6.45) is 0. The largest absolute Gasteiger partial charge is 1.00 e. The Morgan fingerprint density at radius 2 is 2.08 bits per heavy atom. The van der Waals surface area contributed by atoms with E-state index in [1.54, 1.807) is 22.6 Å². The number of halogens is 2. The molecule has 0 aliphatic heterocycles. The molecule has 0 saturated carbocycles. The smallest absolute Gasteiger partial charge is 1.00 e. The van der Waals surface area contributed by atoms with Gasteiger partial charge in [0.15, 0.2) is 0 Å². The van der Waals surface area contributed by atoms with Crippen molar-refractivity contribution in [2.24, 2.45) is 0 Å². The summed E-state index contributed by atoms with van der Waals surface area (Å²) in [6.45, 7) is 0. The van der Waals surface area contributed by atoms with Gasteiger partial charge in [0.25, 0.3) is 0 Å². The van der Waals surface area contributed by atoms with Gasteiger partial charge in [0, 0.05) is 0 Å². The zero-order chi connectivity index (χ0) is 9.14. The molecule has 0 saturated heterocycles. The molecular weight excluding hydrogens is 316 g/mol. The Hall–Kier alpha value is 1.30. The first kappa shape index (κ1) is 14.3. The fraction of sp³-hybridized carbons (Fsp3) is 0. The first-order valence-corrected chi connectivity index (χ1v) is 4.15. The van der Waals surface area contributed by atoms with E-state index in [9.17, 15) is 4.39 Å². The standard InChI is InChI=1S/C6H5BFIO3.K.H/c8-5-2-1-4(3-6(5)9)12-7(10)11;;/h1-3,10-11H;;/q;+1;-1. The minimum absolute atomic E-state index is 0. The molecule has 1 aromatic rings. The summed E-state index contributed by atoms with van der Waals surface area (Å²) >= 11 is 1.78. The number of rotatable bonds is 2. The maximum absolute atomic E-state index is 12.6. The van der Waals surface area contributed by atoms with Crippen molar-refractivity contribution in [3.8, 4) is 5.75 Å². The fourth-order valence-corrected chi connectivity index (χ4v) is 1.16. The number of benzene rings is 1. The summed E-state index contributed by atoms with van der Waals surface area (Å²) in [7, 11) is -1.87. The molecule has 7 heteroatoms. The topological polar surface area (TPSA) is 49.7 Å². The monoisotopic (exact) mass is 322 g/mol. The molecule has 0 unspecified atom stereocenters. The SMILES string of the molecule is OB(O)Oc1ccc(F)c(I)c1.[H-].[K+]. The van der Waals surface area contributed by atoms with E-state index >= 15 is 0 Å². The molecule has 0 atom stereocenters. The van der Waals surface area contributed by atoms with Crippen LogP contribution in [0.1, 0.15) is 1.43 Å². The normalized spacial score (nSPS) is 8.92. The van der Waals surface area contributed by atoms with E-state index in [1.807, 2.05) is 0 Å². The summed E-state index contributed by atoms with van der Waals surface area (Å²) in [5, 5.41) is 16.8. The molecule has 3 nitrogen and oxygen atoms in total. The van der Waals surface area contributed by atoms with Crippen LogP contribution in [0.2, 0.25) is 0 Å².